The molecule has 10 nitrogen and oxygen atoms in total. The van der Waals surface area contributed by atoms with Crippen LogP contribution in [0.5, 0.6) is 0 Å². The third kappa shape index (κ3) is 6.96. The van der Waals surface area contributed by atoms with Crippen molar-refractivity contribution in [2.45, 2.75) is 16.2 Å². The van der Waals surface area contributed by atoms with Gasteiger partial charge in [-0.3, -0.25) is 0 Å². The number of para-hydroxylation sites is 1. The van der Waals surface area contributed by atoms with Crippen LogP contribution in [0.25, 0.3) is 0 Å². The summed E-state index contributed by atoms with van der Waals surface area (Å²) in [6, 6.07) is 12.4. The predicted octanol–water partition coefficient (Wildman–Crippen LogP) is -0.269. The number of primary amides is 1. The van der Waals surface area contributed by atoms with Crippen LogP contribution in [0, 0.1) is 0 Å². The summed E-state index contributed by atoms with van der Waals surface area (Å²) in [5, 5.41) is 17.2. The number of benzene rings is 1. The molecule has 0 unspecified atom stereocenters. The van der Waals surface area contributed by atoms with E-state index in [0.717, 1.165) is 51.5 Å². The fourth-order valence-electron chi connectivity index (χ4n) is 3.81. The fraction of sp³-hybridized carbons (Fsp3) is 0.304. The first-order valence-electron chi connectivity index (χ1n) is 10.8. The molecule has 34 heavy (non-hydrogen) atoms. The molecule has 1 aromatic carbocycles. The van der Waals surface area contributed by atoms with Gasteiger partial charge in [-0.15, -0.1) is 0 Å². The van der Waals surface area contributed by atoms with Crippen molar-refractivity contribution in [1.82, 2.24) is 9.88 Å². The zero-order valence-corrected chi connectivity index (χ0v) is 19.4. The number of pyridine rings is 1. The van der Waals surface area contributed by atoms with E-state index in [0.29, 0.717) is 12.2 Å². The lowest BCUT2D eigenvalue weighted by Gasteiger charge is -2.33. The van der Waals surface area contributed by atoms with Gasteiger partial charge in [-0.25, -0.2) is 14.6 Å². The number of aromatic nitrogens is 1. The number of hydrogen-bond donors (Lipinski definition) is 3. The number of fused-ring (bicyclic) bond motifs is 2. The first kappa shape index (κ1) is 25.1. The van der Waals surface area contributed by atoms with Crippen LogP contribution in [0.15, 0.2) is 64.5 Å². The molecule has 2 amide bonds. The molecule has 180 valence electrons. The topological polar surface area (TPSA) is 144 Å². The first-order chi connectivity index (χ1) is 16.3. The molecule has 3 heterocycles. The molecule has 1 saturated heterocycles. The lowest BCUT2D eigenvalue weighted by molar-refractivity contribution is -0.904. The minimum absolute atomic E-state index is 0.297. The van der Waals surface area contributed by atoms with Gasteiger partial charge < -0.3 is 35.4 Å². The summed E-state index contributed by atoms with van der Waals surface area (Å²) < 4.78 is 0. The van der Waals surface area contributed by atoms with Gasteiger partial charge >= 0.3 is 12.0 Å². The second kappa shape index (κ2) is 12.1. The molecule has 0 aliphatic carbocycles. The summed E-state index contributed by atoms with van der Waals surface area (Å²) in [6.45, 7) is 5.52. The Morgan fingerprint density at radius 2 is 1.82 bits per heavy atom. The van der Waals surface area contributed by atoms with E-state index in [4.69, 9.17) is 10.8 Å². The van der Waals surface area contributed by atoms with Gasteiger partial charge in [-0.1, -0.05) is 23.9 Å². The van der Waals surface area contributed by atoms with Crippen molar-refractivity contribution in [2.24, 2.45) is 5.73 Å². The number of carbonyl (C=O) groups is 3. The van der Waals surface area contributed by atoms with E-state index in [1.165, 1.54) is 15.5 Å². The van der Waals surface area contributed by atoms with E-state index in [1.807, 2.05) is 12.3 Å². The number of amides is 2. The van der Waals surface area contributed by atoms with Crippen molar-refractivity contribution >= 4 is 41.2 Å². The minimum Gasteiger partial charge on any atom is -0.545 e. The number of nitrogens with one attached hydrogen (secondary N) is 1. The average Bonchev–Trinajstić information content (AvgIpc) is 2.83. The van der Waals surface area contributed by atoms with Crippen LogP contribution in [0.4, 0.5) is 16.3 Å². The van der Waals surface area contributed by atoms with Crippen molar-refractivity contribution in [2.75, 3.05) is 44.2 Å². The highest BCUT2D eigenvalue weighted by Gasteiger charge is 2.25. The molecular weight excluding hydrogens is 458 g/mol. The zero-order valence-electron chi connectivity index (χ0n) is 18.6. The number of carbonyl (C=O) groups excluding carboxylic acids is 2. The Labute approximate surface area is 201 Å². The van der Waals surface area contributed by atoms with Gasteiger partial charge in [0.1, 0.15) is 5.82 Å². The molecule has 1 fully saturated rings. The molecule has 2 aliphatic rings. The van der Waals surface area contributed by atoms with Crippen LogP contribution in [0.2, 0.25) is 0 Å². The molecule has 1 aromatic heterocycles. The predicted molar refractivity (Wildman–Crippen MR) is 125 cm³/mol. The van der Waals surface area contributed by atoms with Gasteiger partial charge in [-0.05, 0) is 30.3 Å². The number of nitrogens with zero attached hydrogens (tertiary/aromatic N) is 3. The number of aliphatic carboxylic acids is 2. The summed E-state index contributed by atoms with van der Waals surface area (Å²) in [6.07, 6.45) is 3.90. The van der Waals surface area contributed by atoms with Crippen LogP contribution in [0.3, 0.4) is 0 Å². The lowest BCUT2D eigenvalue weighted by Crippen LogP contribution is -3.15. The summed E-state index contributed by atoms with van der Waals surface area (Å²) in [5.74, 6) is -1.74. The molecule has 0 spiro atoms. The molecule has 4 rings (SSSR count). The first-order valence-corrected chi connectivity index (χ1v) is 11.7. The van der Waals surface area contributed by atoms with Crippen LogP contribution in [-0.2, 0) is 9.59 Å². The van der Waals surface area contributed by atoms with Gasteiger partial charge in [0.15, 0.2) is 0 Å². The Kier molecular flexibility index (Phi) is 8.88. The van der Waals surface area contributed by atoms with E-state index >= 15 is 0 Å². The quantitative estimate of drug-likeness (QED) is 0.475. The van der Waals surface area contributed by atoms with Gasteiger partial charge in [0, 0.05) is 30.1 Å². The van der Waals surface area contributed by atoms with E-state index in [-0.39, 0.29) is 6.03 Å². The Bertz CT molecular complexity index is 994. The number of quaternary nitrogens is 1. The number of piperazine rings is 1. The maximum atomic E-state index is 11.2. The number of nitrogens with two attached hydrogens (primary N) is 1. The molecule has 11 heteroatoms. The van der Waals surface area contributed by atoms with Crippen molar-refractivity contribution in [3.63, 3.8) is 0 Å². The van der Waals surface area contributed by atoms with Crippen LogP contribution < -0.4 is 20.6 Å². The summed E-state index contributed by atoms with van der Waals surface area (Å²) in [7, 11) is 0. The molecule has 2 aromatic rings. The normalized spacial score (nSPS) is 15.2. The standard InChI is InChI=1S/C19H23N5OS.C4H4O4/c20-19(25)23-13-11-22(12-14-23)9-4-10-24-15-5-1-2-6-16(15)26-17-7-3-8-21-18(17)24;5-3(6)1-2-4(7)8/h1-3,5-8H,4,9-14H2,(H2,20,25);1-2H,(H,5,6)(H,7,8)/b;2-1+. The molecule has 0 bridgehead atoms. The van der Waals surface area contributed by atoms with Crippen LogP contribution in [-0.4, -0.2) is 72.2 Å². The lowest BCUT2D eigenvalue weighted by atomic mass is 10.2. The van der Waals surface area contributed by atoms with Crippen LogP contribution in [0.1, 0.15) is 6.42 Å². The monoisotopic (exact) mass is 485 g/mol. The maximum Gasteiger partial charge on any atom is 0.328 e. The Hall–Kier alpha value is -3.57. The van der Waals surface area contributed by atoms with E-state index < -0.39 is 11.9 Å². The SMILES string of the molecule is NC(=O)N1CC[NH+](CCCN2c3ccccc3Sc3cccnc32)CC1.O=C([O-])/C=C/C(=O)O. The molecule has 4 N–H and O–H groups in total. The second-order valence-electron chi connectivity index (χ2n) is 7.72. The third-order valence-corrected chi connectivity index (χ3v) is 6.54. The number of anilines is 2. The molecule has 0 saturated carbocycles. The van der Waals surface area contributed by atoms with Crippen molar-refractivity contribution in [3.05, 3.63) is 54.7 Å². The number of urea groups is 1. The summed E-state index contributed by atoms with van der Waals surface area (Å²) in [5.41, 5.74) is 6.61. The highest BCUT2D eigenvalue weighted by Crippen LogP contribution is 2.46. The van der Waals surface area contributed by atoms with E-state index in [2.05, 4.69) is 40.2 Å². The zero-order chi connectivity index (χ0) is 24.5. The highest BCUT2D eigenvalue weighted by atomic mass is 32.2. The number of carboxylic acid groups (broad SMARTS) is 2. The largest absolute Gasteiger partial charge is 0.545 e. The van der Waals surface area contributed by atoms with Crippen molar-refractivity contribution in [3.8, 4) is 0 Å². The van der Waals surface area contributed by atoms with E-state index in [9.17, 15) is 19.5 Å². The summed E-state index contributed by atoms with van der Waals surface area (Å²) >= 11 is 1.79. The van der Waals surface area contributed by atoms with Gasteiger partial charge in [0.05, 0.1) is 49.3 Å². The Morgan fingerprint density at radius 3 is 2.47 bits per heavy atom. The number of rotatable bonds is 6. The maximum absolute atomic E-state index is 11.2. The third-order valence-electron chi connectivity index (χ3n) is 5.44. The second-order valence-corrected chi connectivity index (χ2v) is 8.80. The summed E-state index contributed by atoms with van der Waals surface area (Å²) in [4.78, 5) is 43.0. The Balaban J connectivity index is 0.000000350. The number of hydrogen-bond acceptors (Lipinski definition) is 7. The van der Waals surface area contributed by atoms with Gasteiger partial charge in [0.2, 0.25) is 0 Å². The molecule has 2 aliphatic heterocycles. The fourth-order valence-corrected chi connectivity index (χ4v) is 4.88. The Morgan fingerprint density at radius 1 is 1.12 bits per heavy atom. The molecule has 0 atom stereocenters. The molecule has 0 radical (unpaired) electrons. The smallest absolute Gasteiger partial charge is 0.328 e. The van der Waals surface area contributed by atoms with Crippen molar-refractivity contribution in [1.29, 1.82) is 0 Å². The van der Waals surface area contributed by atoms with Crippen LogP contribution >= 0.6 is 11.8 Å². The highest BCUT2D eigenvalue weighted by molar-refractivity contribution is 7.99. The number of carboxylic acids is 2. The molecular formula is C23H27N5O5S. The van der Waals surface area contributed by atoms with Gasteiger partial charge in [-0.2, -0.15) is 0 Å². The van der Waals surface area contributed by atoms with Crippen molar-refractivity contribution < 1.29 is 29.5 Å². The van der Waals surface area contributed by atoms with E-state index in [1.54, 1.807) is 21.6 Å². The average molecular weight is 486 g/mol. The van der Waals surface area contributed by atoms with Gasteiger partial charge in [0.25, 0.3) is 0 Å². The minimum atomic E-state index is -1.51.